The van der Waals surface area contributed by atoms with Gasteiger partial charge < -0.3 is 45.9 Å². The van der Waals surface area contributed by atoms with Crippen molar-refractivity contribution in [1.82, 2.24) is 4.57 Å². The zero-order valence-corrected chi connectivity index (χ0v) is 40.9. The number of hydrogen-bond donors (Lipinski definition) is 0. The monoisotopic (exact) mass is 1020 g/mol. The van der Waals surface area contributed by atoms with Gasteiger partial charge in [-0.1, -0.05) is 91.0 Å². The Morgan fingerprint density at radius 2 is 1.12 bits per heavy atom. The van der Waals surface area contributed by atoms with Gasteiger partial charge in [0.1, 0.15) is 17.9 Å². The highest BCUT2D eigenvalue weighted by molar-refractivity contribution is 7.80. The van der Waals surface area contributed by atoms with E-state index in [1.165, 1.54) is 13.8 Å². The van der Waals surface area contributed by atoms with E-state index < -0.39 is 115 Å². The van der Waals surface area contributed by atoms with Crippen molar-refractivity contribution in [3.8, 4) is 0 Å². The third-order valence-electron chi connectivity index (χ3n) is 9.74. The summed E-state index contributed by atoms with van der Waals surface area (Å²) in [6.45, 7) is 2.34. The molecule has 0 bridgehead atoms. The van der Waals surface area contributed by atoms with Crippen LogP contribution in [0.2, 0.25) is 0 Å². The topological polar surface area (TPSA) is 217 Å². The number of halogens is 2. The molecule has 2 heterocycles. The van der Waals surface area contributed by atoms with Crippen LogP contribution in [0.4, 0.5) is 8.78 Å². The van der Waals surface area contributed by atoms with Crippen LogP contribution in [0.25, 0.3) is 0 Å². The number of ether oxygens (including phenoxy) is 3. The number of carbonyl (C=O) groups excluding carboxylic acids is 2. The zero-order valence-electron chi connectivity index (χ0n) is 37.3. The molecule has 18 nitrogen and oxygen atoms in total. The van der Waals surface area contributed by atoms with E-state index in [2.05, 4.69) is 0 Å². The molecule has 67 heavy (non-hydrogen) atoms. The van der Waals surface area contributed by atoms with Crippen LogP contribution in [0.15, 0.2) is 114 Å². The minimum absolute atomic E-state index is 0.221. The van der Waals surface area contributed by atoms with Gasteiger partial charge in [-0.05, 0) is 36.6 Å². The summed E-state index contributed by atoms with van der Waals surface area (Å²) in [6.07, 6.45) is -5.63. The maximum absolute atomic E-state index is 15.7. The van der Waals surface area contributed by atoms with Crippen molar-refractivity contribution in [3.05, 3.63) is 142 Å². The van der Waals surface area contributed by atoms with Crippen molar-refractivity contribution in [3.63, 3.8) is 0 Å². The molecule has 366 valence electrons. The van der Waals surface area contributed by atoms with Crippen molar-refractivity contribution < 1.29 is 82.5 Å². The Bertz CT molecular complexity index is 2460. The predicted molar refractivity (Wildman–Crippen MR) is 240 cm³/mol. The van der Waals surface area contributed by atoms with Crippen molar-refractivity contribution in [2.75, 3.05) is 38.7 Å². The summed E-state index contributed by atoms with van der Waals surface area (Å²) in [6, 6.07) is 27.2. The largest absolute Gasteiger partial charge is 0.456 e. The molecule has 1 aliphatic rings. The number of esters is 2. The Morgan fingerprint density at radius 1 is 0.657 bits per heavy atom. The Morgan fingerprint density at radius 3 is 1.57 bits per heavy atom. The van der Waals surface area contributed by atoms with Gasteiger partial charge in [-0.15, -0.1) is 0 Å². The molecule has 5 rings (SSSR count). The molecule has 1 aromatic heterocycles. The molecule has 0 spiro atoms. The maximum Gasteiger partial charge on any atom is 0.404 e. The van der Waals surface area contributed by atoms with Crippen molar-refractivity contribution in [2.45, 2.75) is 77.7 Å². The molecular formula is C43H53F2NO17P4. The summed E-state index contributed by atoms with van der Waals surface area (Å²) in [5, 5.41) is 0. The highest BCUT2D eigenvalue weighted by Crippen LogP contribution is 2.71. The van der Waals surface area contributed by atoms with Crippen LogP contribution >= 0.6 is 30.2 Å². The lowest BCUT2D eigenvalue weighted by Crippen LogP contribution is -2.41. The Kier molecular flexibility index (Phi) is 19.4. The van der Waals surface area contributed by atoms with Gasteiger partial charge in [-0.2, -0.15) is 8.78 Å². The molecule has 0 amide bonds. The van der Waals surface area contributed by atoms with E-state index in [1.54, 1.807) is 91.0 Å². The third-order valence-corrected chi connectivity index (χ3v) is 20.8. The molecule has 1 fully saturated rings. The molecule has 6 atom stereocenters. The van der Waals surface area contributed by atoms with Gasteiger partial charge in [0.2, 0.25) is 7.37 Å². The number of aromatic nitrogens is 1. The highest BCUT2D eigenvalue weighted by atomic mass is 31.3. The molecule has 1 saturated heterocycles. The summed E-state index contributed by atoms with van der Waals surface area (Å²) in [4.78, 5) is 38.5. The van der Waals surface area contributed by atoms with E-state index in [0.29, 0.717) is 22.8 Å². The minimum Gasteiger partial charge on any atom is -0.456 e. The lowest BCUT2D eigenvalue weighted by molar-refractivity contribution is -0.165. The average Bonchev–Trinajstić information content (AvgIpc) is 3.61. The smallest absolute Gasteiger partial charge is 0.404 e. The molecule has 0 radical (unpaired) electrons. The number of hydrogen-bond acceptors (Lipinski definition) is 17. The summed E-state index contributed by atoms with van der Waals surface area (Å²) in [7, 11) is -17.7. The van der Waals surface area contributed by atoms with Crippen LogP contribution in [0.1, 0.15) is 56.2 Å². The molecule has 1 aliphatic heterocycles. The quantitative estimate of drug-likeness (QED) is 0.0422. The van der Waals surface area contributed by atoms with Crippen molar-refractivity contribution in [2.24, 2.45) is 0 Å². The third kappa shape index (κ3) is 14.8. The molecule has 0 N–H and O–H groups in total. The van der Waals surface area contributed by atoms with Gasteiger partial charge in [0, 0.05) is 38.8 Å². The van der Waals surface area contributed by atoms with Gasteiger partial charge >= 0.3 is 40.4 Å². The molecule has 24 heteroatoms. The van der Waals surface area contributed by atoms with E-state index in [4.69, 9.17) is 45.9 Å². The fourth-order valence-electron chi connectivity index (χ4n) is 6.67. The number of alkyl halides is 2. The molecule has 3 aromatic carbocycles. The van der Waals surface area contributed by atoms with Gasteiger partial charge in [0.05, 0.1) is 39.6 Å². The van der Waals surface area contributed by atoms with E-state index >= 15 is 13.3 Å². The second kappa shape index (κ2) is 24.0. The number of benzene rings is 3. The summed E-state index contributed by atoms with van der Waals surface area (Å²) < 4.78 is 145. The first-order chi connectivity index (χ1) is 31.8. The molecule has 0 aliphatic carbocycles. The first-order valence-corrected chi connectivity index (χ1v) is 27.8. The van der Waals surface area contributed by atoms with Crippen LogP contribution in [0.3, 0.4) is 0 Å². The number of rotatable bonds is 26. The van der Waals surface area contributed by atoms with Gasteiger partial charge in [0.15, 0.2) is 18.4 Å². The second-order valence-electron chi connectivity index (χ2n) is 14.8. The van der Waals surface area contributed by atoms with E-state index in [9.17, 15) is 28.1 Å². The predicted octanol–water partition coefficient (Wildman–Crippen LogP) is 9.82. The average molecular weight is 1020 g/mol. The van der Waals surface area contributed by atoms with E-state index in [1.807, 2.05) is 0 Å². The highest BCUT2D eigenvalue weighted by Gasteiger charge is 2.56. The van der Waals surface area contributed by atoms with Crippen LogP contribution in [0.5, 0.6) is 0 Å². The van der Waals surface area contributed by atoms with E-state index in [-0.39, 0.29) is 19.8 Å². The van der Waals surface area contributed by atoms with Gasteiger partial charge in [-0.3, -0.25) is 37.2 Å². The van der Waals surface area contributed by atoms with E-state index in [0.717, 1.165) is 37.8 Å². The van der Waals surface area contributed by atoms with Gasteiger partial charge in [0.25, 0.3) is 5.56 Å². The molecule has 2 unspecified atom stereocenters. The standard InChI is InChI=1S/C43H53F2NO17P4/c1-6-55-67(53,56-7-2)43(44,45)37-23-24-46(39(49)25-37)42-41(62-33(4)48)40(61-32(3)47)38(63-42)29-60-65(51,54-5)30-64(50,57-26-34-17-11-8-12-18-34)31-66(52,58-27-35-19-13-9-14-20-35)59-28-36-21-15-10-16-22-36/h8-25,38,40-42H,6-7,26-31H2,1-5H3/t38-,40-,41-,42-,64?,65?/m1/s1. The normalized spacial score (nSPS) is 19.6. The van der Waals surface area contributed by atoms with Crippen LogP contribution in [0, 0.1) is 0 Å². The van der Waals surface area contributed by atoms with Crippen molar-refractivity contribution in [1.29, 1.82) is 0 Å². The number of nitrogens with zero attached hydrogens (tertiary/aromatic N) is 1. The van der Waals surface area contributed by atoms with Crippen molar-refractivity contribution >= 4 is 42.1 Å². The SMILES string of the molecule is CCOP(=O)(OCC)C(F)(F)c1ccn([C@@H]2O[C@H](COP(=O)(CP(=O)(CP(=O)(OCc3ccccc3)OCc3ccccc3)OCc3ccccc3)OC)[C@@H](OC(C)=O)[C@H]2OC(C)=O)c(=O)c1. The first-order valence-electron chi connectivity index (χ1n) is 20.8. The Labute approximate surface area is 386 Å². The maximum atomic E-state index is 15.7. The lowest BCUT2D eigenvalue weighted by Gasteiger charge is -2.28. The second-order valence-corrected chi connectivity index (χ2v) is 24.6. The molecular weight excluding hydrogens is 964 g/mol. The molecule has 4 aromatic rings. The zero-order chi connectivity index (χ0) is 48.9. The first kappa shape index (κ1) is 54.0. The number of pyridine rings is 1. The Balaban J connectivity index is 1.46. The van der Waals surface area contributed by atoms with Crippen LogP contribution < -0.4 is 5.56 Å². The van der Waals surface area contributed by atoms with Gasteiger partial charge in [-0.25, -0.2) is 0 Å². The number of carbonyl (C=O) groups is 2. The Hall–Kier alpha value is -3.99. The summed E-state index contributed by atoms with van der Waals surface area (Å²) in [5.41, 5.74) is -4.71. The fraction of sp³-hybridized carbons (Fsp3) is 0.419. The molecule has 0 saturated carbocycles. The fourth-order valence-corrected chi connectivity index (χ4v) is 17.3. The summed E-state index contributed by atoms with van der Waals surface area (Å²) >= 11 is 0. The van der Waals surface area contributed by atoms with Crippen LogP contribution in [-0.2, 0) is 99.2 Å². The summed E-state index contributed by atoms with van der Waals surface area (Å²) in [5.74, 6) is -3.74. The lowest BCUT2D eigenvalue weighted by atomic mass is 10.1. The minimum atomic E-state index is -5.13. The van der Waals surface area contributed by atoms with Crippen LogP contribution in [-0.4, -0.2) is 73.6 Å².